The van der Waals surface area contributed by atoms with E-state index in [9.17, 15) is 4.39 Å². The van der Waals surface area contributed by atoms with Gasteiger partial charge in [0.1, 0.15) is 5.82 Å². The molecule has 0 saturated carbocycles. The third-order valence-corrected chi connectivity index (χ3v) is 3.37. The minimum atomic E-state index is -0.190. The quantitative estimate of drug-likeness (QED) is 0.749. The van der Waals surface area contributed by atoms with Crippen LogP contribution < -0.4 is 16.6 Å². The molecule has 17 heavy (non-hydrogen) atoms. The first-order chi connectivity index (χ1) is 8.19. The summed E-state index contributed by atoms with van der Waals surface area (Å²) >= 11 is 0. The van der Waals surface area contributed by atoms with E-state index in [1.807, 2.05) is 12.1 Å². The first kappa shape index (κ1) is 12.5. The van der Waals surface area contributed by atoms with Crippen molar-refractivity contribution in [3.05, 3.63) is 35.6 Å². The second-order valence-corrected chi connectivity index (χ2v) is 4.73. The first-order valence-electron chi connectivity index (χ1n) is 6.21. The maximum Gasteiger partial charge on any atom is 0.123 e. The predicted molar refractivity (Wildman–Crippen MR) is 66.7 cm³/mol. The van der Waals surface area contributed by atoms with Gasteiger partial charge in [0.2, 0.25) is 0 Å². The van der Waals surface area contributed by atoms with Crippen LogP contribution in [0, 0.1) is 5.82 Å². The molecule has 3 unspecified atom stereocenters. The lowest BCUT2D eigenvalue weighted by molar-refractivity contribution is 0.460. The number of halogens is 1. The molecular formula is C13H20FN3. The van der Waals surface area contributed by atoms with Crippen LogP contribution in [0.2, 0.25) is 0 Å². The number of rotatable bonds is 4. The Morgan fingerprint density at radius 3 is 2.71 bits per heavy atom. The lowest BCUT2D eigenvalue weighted by Gasteiger charge is -2.14. The van der Waals surface area contributed by atoms with Crippen molar-refractivity contribution in [2.24, 2.45) is 5.73 Å². The summed E-state index contributed by atoms with van der Waals surface area (Å²) in [5.41, 5.74) is 13.6. The molecule has 2 rings (SSSR count). The molecule has 1 aromatic rings. The minimum Gasteiger partial charge on any atom is -0.328 e. The summed E-state index contributed by atoms with van der Waals surface area (Å²) < 4.78 is 12.8. The van der Waals surface area contributed by atoms with Gasteiger partial charge in [-0.15, -0.1) is 0 Å². The van der Waals surface area contributed by atoms with Crippen LogP contribution in [0.1, 0.15) is 37.8 Å². The molecule has 0 radical (unpaired) electrons. The Bertz CT molecular complexity index is 352. The smallest absolute Gasteiger partial charge is 0.123 e. The zero-order chi connectivity index (χ0) is 12.3. The van der Waals surface area contributed by atoms with Gasteiger partial charge >= 0.3 is 0 Å². The summed E-state index contributed by atoms with van der Waals surface area (Å²) in [7, 11) is 0. The highest BCUT2D eigenvalue weighted by molar-refractivity contribution is 5.20. The van der Waals surface area contributed by atoms with E-state index in [2.05, 4.69) is 17.8 Å². The molecule has 94 valence electrons. The molecule has 0 aliphatic carbocycles. The molecule has 4 heteroatoms. The summed E-state index contributed by atoms with van der Waals surface area (Å²) in [4.78, 5) is 0. The van der Waals surface area contributed by atoms with Gasteiger partial charge < -0.3 is 5.73 Å². The second kappa shape index (κ2) is 5.58. The van der Waals surface area contributed by atoms with Crippen LogP contribution in [0.3, 0.4) is 0 Å². The lowest BCUT2D eigenvalue weighted by Crippen LogP contribution is -2.35. The summed E-state index contributed by atoms with van der Waals surface area (Å²) in [6.45, 7) is 2.10. The van der Waals surface area contributed by atoms with Crippen LogP contribution in [0.5, 0.6) is 0 Å². The highest BCUT2D eigenvalue weighted by Crippen LogP contribution is 2.24. The Hall–Kier alpha value is -0.970. The number of hydrazine groups is 1. The largest absolute Gasteiger partial charge is 0.328 e. The van der Waals surface area contributed by atoms with Gasteiger partial charge in [-0.05, 0) is 37.0 Å². The number of hydrogen-bond acceptors (Lipinski definition) is 3. The van der Waals surface area contributed by atoms with E-state index < -0.39 is 0 Å². The normalized spacial score (nSPS) is 26.1. The van der Waals surface area contributed by atoms with Crippen LogP contribution in [-0.2, 0) is 0 Å². The van der Waals surface area contributed by atoms with Crippen molar-refractivity contribution in [1.82, 2.24) is 10.9 Å². The topological polar surface area (TPSA) is 50.1 Å². The van der Waals surface area contributed by atoms with Crippen molar-refractivity contribution in [2.75, 3.05) is 0 Å². The second-order valence-electron chi connectivity index (χ2n) is 4.73. The van der Waals surface area contributed by atoms with E-state index in [4.69, 9.17) is 5.73 Å². The van der Waals surface area contributed by atoms with Crippen molar-refractivity contribution in [3.8, 4) is 0 Å². The highest BCUT2D eigenvalue weighted by Gasteiger charge is 2.25. The molecule has 0 aromatic heterocycles. The van der Waals surface area contributed by atoms with Crippen molar-refractivity contribution < 1.29 is 4.39 Å². The highest BCUT2D eigenvalue weighted by atomic mass is 19.1. The fourth-order valence-electron chi connectivity index (χ4n) is 2.22. The Balaban J connectivity index is 1.91. The van der Waals surface area contributed by atoms with Crippen LogP contribution in [0.15, 0.2) is 24.3 Å². The molecule has 0 spiro atoms. The van der Waals surface area contributed by atoms with Gasteiger partial charge in [-0.3, -0.25) is 10.9 Å². The average Bonchev–Trinajstić information content (AvgIpc) is 2.78. The van der Waals surface area contributed by atoms with Crippen LogP contribution in [-0.4, -0.2) is 12.1 Å². The van der Waals surface area contributed by atoms with Gasteiger partial charge in [0.15, 0.2) is 0 Å². The fourth-order valence-corrected chi connectivity index (χ4v) is 2.22. The minimum absolute atomic E-state index is 0.190. The molecule has 3 nitrogen and oxygen atoms in total. The third kappa shape index (κ3) is 3.25. The van der Waals surface area contributed by atoms with Gasteiger partial charge in [0.05, 0.1) is 0 Å². The van der Waals surface area contributed by atoms with Crippen molar-refractivity contribution in [1.29, 1.82) is 0 Å². The number of nitrogens with one attached hydrogen (secondary N) is 2. The van der Waals surface area contributed by atoms with Gasteiger partial charge in [0.25, 0.3) is 0 Å². The fraction of sp³-hybridized carbons (Fsp3) is 0.538. The SMILES string of the molecule is CCC(N)CC1CC(c2ccc(F)cc2)NN1. The maximum atomic E-state index is 12.8. The molecule has 1 heterocycles. The van der Waals surface area contributed by atoms with E-state index in [0.717, 1.165) is 24.8 Å². The van der Waals surface area contributed by atoms with E-state index in [1.54, 1.807) is 0 Å². The molecule has 1 aliphatic rings. The van der Waals surface area contributed by atoms with Crippen molar-refractivity contribution in [3.63, 3.8) is 0 Å². The van der Waals surface area contributed by atoms with Crippen molar-refractivity contribution >= 4 is 0 Å². The monoisotopic (exact) mass is 237 g/mol. The molecule has 1 saturated heterocycles. The Labute approximate surface area is 102 Å². The lowest BCUT2D eigenvalue weighted by atomic mass is 9.97. The van der Waals surface area contributed by atoms with E-state index >= 15 is 0 Å². The predicted octanol–water partition coefficient (Wildman–Crippen LogP) is 1.86. The van der Waals surface area contributed by atoms with Crippen LogP contribution in [0.25, 0.3) is 0 Å². The van der Waals surface area contributed by atoms with Gasteiger partial charge in [-0.2, -0.15) is 0 Å². The Morgan fingerprint density at radius 2 is 2.06 bits per heavy atom. The zero-order valence-electron chi connectivity index (χ0n) is 10.1. The molecule has 1 fully saturated rings. The molecule has 3 atom stereocenters. The molecule has 4 N–H and O–H groups in total. The van der Waals surface area contributed by atoms with E-state index in [1.165, 1.54) is 12.1 Å². The molecule has 1 aliphatic heterocycles. The van der Waals surface area contributed by atoms with Crippen LogP contribution >= 0.6 is 0 Å². The summed E-state index contributed by atoms with van der Waals surface area (Å²) in [6.07, 6.45) is 2.97. The number of benzene rings is 1. The summed E-state index contributed by atoms with van der Waals surface area (Å²) in [6, 6.07) is 7.57. The maximum absolute atomic E-state index is 12.8. The van der Waals surface area contributed by atoms with Gasteiger partial charge in [-0.25, -0.2) is 4.39 Å². The zero-order valence-corrected chi connectivity index (χ0v) is 10.1. The molecule has 0 bridgehead atoms. The summed E-state index contributed by atoms with van der Waals surface area (Å²) in [5.74, 6) is -0.190. The Morgan fingerprint density at radius 1 is 1.35 bits per heavy atom. The third-order valence-electron chi connectivity index (χ3n) is 3.37. The summed E-state index contributed by atoms with van der Waals surface area (Å²) in [5, 5.41) is 0. The van der Waals surface area contributed by atoms with Crippen molar-refractivity contribution in [2.45, 2.75) is 44.3 Å². The number of hydrogen-bond donors (Lipinski definition) is 3. The van der Waals surface area contributed by atoms with E-state index in [0.29, 0.717) is 6.04 Å². The molecule has 0 amide bonds. The van der Waals surface area contributed by atoms with Gasteiger partial charge in [0, 0.05) is 18.1 Å². The molecule has 1 aromatic carbocycles. The van der Waals surface area contributed by atoms with E-state index in [-0.39, 0.29) is 17.9 Å². The van der Waals surface area contributed by atoms with Crippen LogP contribution in [0.4, 0.5) is 4.39 Å². The average molecular weight is 237 g/mol. The number of nitrogens with two attached hydrogens (primary N) is 1. The molecular weight excluding hydrogens is 217 g/mol. The standard InChI is InChI=1S/C13H20FN3/c1-2-11(15)7-12-8-13(17-16-12)9-3-5-10(14)6-4-9/h3-6,11-13,16-17H,2,7-8,15H2,1H3. The van der Waals surface area contributed by atoms with Gasteiger partial charge in [-0.1, -0.05) is 19.1 Å². The Kier molecular flexibility index (Phi) is 4.10. The first-order valence-corrected chi connectivity index (χ1v) is 6.21.